The first-order valence-corrected chi connectivity index (χ1v) is 6.19. The first-order chi connectivity index (χ1) is 9.22. The van der Waals surface area contributed by atoms with Gasteiger partial charge in [0.25, 0.3) is 5.91 Å². The lowest BCUT2D eigenvalue weighted by atomic mass is 10.1. The summed E-state index contributed by atoms with van der Waals surface area (Å²) in [6.45, 7) is 2.35. The number of aliphatic hydroxyl groups excluding tert-OH is 1. The highest BCUT2D eigenvalue weighted by atomic mass is 16.5. The zero-order valence-electron chi connectivity index (χ0n) is 10.7. The van der Waals surface area contributed by atoms with Crippen molar-refractivity contribution in [1.29, 1.82) is 0 Å². The molecular weight excluding hydrogens is 244 g/mol. The van der Waals surface area contributed by atoms with Crippen LogP contribution >= 0.6 is 0 Å². The van der Waals surface area contributed by atoms with E-state index >= 15 is 0 Å². The van der Waals surface area contributed by atoms with Gasteiger partial charge in [0.2, 0.25) is 0 Å². The maximum Gasteiger partial charge on any atom is 0.271 e. The van der Waals surface area contributed by atoms with Gasteiger partial charge in [0.15, 0.2) is 0 Å². The Morgan fingerprint density at radius 1 is 1.68 bits per heavy atom. The molecule has 1 aliphatic rings. The van der Waals surface area contributed by atoms with E-state index in [-0.39, 0.29) is 30.4 Å². The second kappa shape index (κ2) is 6.32. The molecule has 2 N–H and O–H groups in total. The van der Waals surface area contributed by atoms with Crippen molar-refractivity contribution in [3.8, 4) is 11.8 Å². The Bertz CT molecular complexity index is 519. The Morgan fingerprint density at radius 2 is 2.53 bits per heavy atom. The molecule has 1 saturated heterocycles. The van der Waals surface area contributed by atoms with Crippen LogP contribution in [0.4, 0.5) is 0 Å². The van der Waals surface area contributed by atoms with E-state index < -0.39 is 0 Å². The molecule has 5 heteroatoms. The molecule has 2 unspecified atom stereocenters. The van der Waals surface area contributed by atoms with Crippen LogP contribution in [-0.4, -0.2) is 41.4 Å². The van der Waals surface area contributed by atoms with E-state index in [1.807, 2.05) is 6.92 Å². The largest absolute Gasteiger partial charge is 0.384 e. The Morgan fingerprint density at radius 3 is 3.21 bits per heavy atom. The third-order valence-electron chi connectivity index (χ3n) is 3.02. The van der Waals surface area contributed by atoms with Crippen LogP contribution in [0, 0.1) is 11.8 Å². The molecule has 0 aliphatic carbocycles. The molecule has 0 spiro atoms. The quantitative estimate of drug-likeness (QED) is 0.752. The predicted octanol–water partition coefficient (Wildman–Crippen LogP) is 0.333. The highest BCUT2D eigenvalue weighted by Gasteiger charge is 2.26. The van der Waals surface area contributed by atoms with Gasteiger partial charge in [0, 0.05) is 12.8 Å². The molecule has 100 valence electrons. The normalized spacial score (nSPS) is 21.6. The molecule has 1 fully saturated rings. The van der Waals surface area contributed by atoms with Gasteiger partial charge in [-0.1, -0.05) is 11.8 Å². The minimum absolute atomic E-state index is 0.00755. The smallest absolute Gasteiger partial charge is 0.271 e. The third-order valence-corrected chi connectivity index (χ3v) is 3.02. The first kappa shape index (κ1) is 13.5. The molecule has 2 atom stereocenters. The summed E-state index contributed by atoms with van der Waals surface area (Å²) in [6.07, 6.45) is 2.37. The van der Waals surface area contributed by atoms with Crippen molar-refractivity contribution in [1.82, 2.24) is 10.3 Å². The Kier molecular flexibility index (Phi) is 4.50. The van der Waals surface area contributed by atoms with E-state index in [1.54, 1.807) is 18.3 Å². The number of hydrogen-bond acceptors (Lipinski definition) is 4. The van der Waals surface area contributed by atoms with Crippen molar-refractivity contribution in [2.24, 2.45) is 0 Å². The van der Waals surface area contributed by atoms with Gasteiger partial charge in [-0.15, -0.1) is 0 Å². The number of nitrogens with zero attached hydrogens (tertiary/aromatic N) is 1. The van der Waals surface area contributed by atoms with Crippen molar-refractivity contribution in [3.05, 3.63) is 29.6 Å². The van der Waals surface area contributed by atoms with Gasteiger partial charge in [-0.3, -0.25) is 4.79 Å². The zero-order chi connectivity index (χ0) is 13.7. The van der Waals surface area contributed by atoms with Crippen LogP contribution in [0.2, 0.25) is 0 Å². The molecular formula is C14H16N2O3. The summed E-state index contributed by atoms with van der Waals surface area (Å²) in [6, 6.07) is 3.42. The molecule has 2 rings (SSSR count). The fraction of sp³-hybridized carbons (Fsp3) is 0.429. The van der Waals surface area contributed by atoms with E-state index in [4.69, 9.17) is 9.84 Å². The van der Waals surface area contributed by atoms with Gasteiger partial charge in [-0.25, -0.2) is 4.98 Å². The number of rotatable bonds is 2. The molecule has 0 radical (unpaired) electrons. The summed E-state index contributed by atoms with van der Waals surface area (Å²) in [5, 5.41) is 11.6. The summed E-state index contributed by atoms with van der Waals surface area (Å²) in [5.74, 6) is 4.99. The van der Waals surface area contributed by atoms with Gasteiger partial charge in [-0.05, 0) is 25.5 Å². The molecule has 0 aromatic carbocycles. The molecule has 1 aromatic rings. The van der Waals surface area contributed by atoms with E-state index in [2.05, 4.69) is 22.1 Å². The maximum atomic E-state index is 12.2. The van der Waals surface area contributed by atoms with E-state index in [0.717, 1.165) is 6.42 Å². The number of hydrogen-bond donors (Lipinski definition) is 2. The number of carbonyl (C=O) groups is 1. The number of nitrogens with one attached hydrogen (secondary N) is 1. The second-order valence-corrected chi connectivity index (χ2v) is 4.30. The standard InChI is InChI=1S/C14H16N2O3/c1-10-12(6-9-19-10)16-14(18)13-11(5-3-8-17)4-2-7-15-13/h2,4,7,10,12,17H,6,8-9H2,1H3,(H,16,18). The molecule has 0 saturated carbocycles. The van der Waals surface area contributed by atoms with Gasteiger partial charge in [0.1, 0.15) is 12.3 Å². The summed E-state index contributed by atoms with van der Waals surface area (Å²) in [7, 11) is 0. The minimum Gasteiger partial charge on any atom is -0.384 e. The van der Waals surface area contributed by atoms with Crippen molar-refractivity contribution in [2.75, 3.05) is 13.2 Å². The highest BCUT2D eigenvalue weighted by Crippen LogP contribution is 2.13. The molecule has 0 bridgehead atoms. The topological polar surface area (TPSA) is 71.5 Å². The molecule has 5 nitrogen and oxygen atoms in total. The monoisotopic (exact) mass is 260 g/mol. The van der Waals surface area contributed by atoms with E-state index in [1.165, 1.54) is 0 Å². The lowest BCUT2D eigenvalue weighted by molar-refractivity contribution is 0.0861. The average molecular weight is 260 g/mol. The number of aliphatic hydroxyl groups is 1. The Balaban J connectivity index is 2.14. The van der Waals surface area contributed by atoms with Gasteiger partial charge in [0.05, 0.1) is 17.7 Å². The van der Waals surface area contributed by atoms with Crippen LogP contribution in [0.1, 0.15) is 29.4 Å². The molecule has 1 aliphatic heterocycles. The summed E-state index contributed by atoms with van der Waals surface area (Å²) in [4.78, 5) is 16.2. The van der Waals surface area contributed by atoms with Crippen molar-refractivity contribution >= 4 is 5.91 Å². The fourth-order valence-corrected chi connectivity index (χ4v) is 1.98. The first-order valence-electron chi connectivity index (χ1n) is 6.19. The van der Waals surface area contributed by atoms with Crippen LogP contribution < -0.4 is 5.32 Å². The number of aromatic nitrogens is 1. The molecule has 2 heterocycles. The van der Waals surface area contributed by atoms with Crippen LogP contribution in [-0.2, 0) is 4.74 Å². The van der Waals surface area contributed by atoms with Gasteiger partial charge < -0.3 is 15.2 Å². The number of pyridine rings is 1. The Hall–Kier alpha value is -1.90. The second-order valence-electron chi connectivity index (χ2n) is 4.30. The summed E-state index contributed by atoms with van der Waals surface area (Å²) >= 11 is 0. The van der Waals surface area contributed by atoms with Crippen LogP contribution in [0.3, 0.4) is 0 Å². The van der Waals surface area contributed by atoms with Crippen LogP contribution in [0.5, 0.6) is 0 Å². The Labute approximate surface area is 112 Å². The van der Waals surface area contributed by atoms with E-state index in [0.29, 0.717) is 12.2 Å². The van der Waals surface area contributed by atoms with Crippen LogP contribution in [0.15, 0.2) is 18.3 Å². The average Bonchev–Trinajstić information content (AvgIpc) is 2.82. The van der Waals surface area contributed by atoms with Crippen molar-refractivity contribution in [3.63, 3.8) is 0 Å². The number of carbonyl (C=O) groups excluding carboxylic acids is 1. The van der Waals surface area contributed by atoms with Crippen molar-refractivity contribution in [2.45, 2.75) is 25.5 Å². The highest BCUT2D eigenvalue weighted by molar-refractivity contribution is 5.95. The maximum absolute atomic E-state index is 12.2. The predicted molar refractivity (Wildman–Crippen MR) is 69.5 cm³/mol. The summed E-state index contributed by atoms with van der Waals surface area (Å²) in [5.41, 5.74) is 0.795. The summed E-state index contributed by atoms with van der Waals surface area (Å²) < 4.78 is 5.40. The lowest BCUT2D eigenvalue weighted by Gasteiger charge is -2.15. The third kappa shape index (κ3) is 3.31. The molecule has 1 aromatic heterocycles. The fourth-order valence-electron chi connectivity index (χ4n) is 1.98. The van der Waals surface area contributed by atoms with Gasteiger partial charge >= 0.3 is 0 Å². The number of ether oxygens (including phenoxy) is 1. The minimum atomic E-state index is -0.259. The zero-order valence-corrected chi connectivity index (χ0v) is 10.7. The van der Waals surface area contributed by atoms with E-state index in [9.17, 15) is 4.79 Å². The SMILES string of the molecule is CC1OCCC1NC(=O)c1ncccc1C#CCO. The number of amides is 1. The molecule has 1 amide bonds. The molecule has 19 heavy (non-hydrogen) atoms. The van der Waals surface area contributed by atoms with Crippen LogP contribution in [0.25, 0.3) is 0 Å². The lowest BCUT2D eigenvalue weighted by Crippen LogP contribution is -2.39. The van der Waals surface area contributed by atoms with Gasteiger partial charge in [-0.2, -0.15) is 0 Å². The van der Waals surface area contributed by atoms with Crippen molar-refractivity contribution < 1.29 is 14.6 Å².